The van der Waals surface area contributed by atoms with E-state index in [4.69, 9.17) is 22.3 Å². The van der Waals surface area contributed by atoms with Gasteiger partial charge in [0.15, 0.2) is 5.96 Å². The van der Waals surface area contributed by atoms with E-state index in [0.717, 1.165) is 28.2 Å². The number of rotatable bonds is 3. The van der Waals surface area contributed by atoms with Gasteiger partial charge in [-0.3, -0.25) is 9.69 Å². The first-order valence-electron chi connectivity index (χ1n) is 8.78. The summed E-state index contributed by atoms with van der Waals surface area (Å²) in [5.41, 5.74) is 6.78. The van der Waals surface area contributed by atoms with Gasteiger partial charge < -0.3 is 5.73 Å². The number of benzene rings is 1. The molecule has 2 aliphatic rings. The van der Waals surface area contributed by atoms with Crippen LogP contribution in [0.4, 0.5) is 0 Å². The van der Waals surface area contributed by atoms with E-state index in [0.29, 0.717) is 16.5 Å². The standard InChI is InChI=1S/C20H19ClN4OS/c1-20(17(12-3-4-12)18(26)25(2)19(23)24-20)16-6-5-15(27-16)13-7-11(10-22)8-14(21)9-13/h5-9,12,17H,3-4H2,1-2H3,(H2,23,24)/t17-,20-/m1/s1. The predicted molar refractivity (Wildman–Crippen MR) is 107 cm³/mol. The molecule has 1 saturated carbocycles. The fourth-order valence-corrected chi connectivity index (χ4v) is 5.16. The summed E-state index contributed by atoms with van der Waals surface area (Å²) in [4.78, 5) is 21.1. The molecule has 4 rings (SSSR count). The molecule has 0 saturated heterocycles. The number of carbonyl (C=O) groups is 1. The SMILES string of the molecule is CN1C(=O)[C@@H](C2CC2)[C@@](C)(c2ccc(-c3cc(Cl)cc(C#N)c3)s2)N=C1N. The number of hydrogen-bond acceptors (Lipinski definition) is 5. The zero-order valence-electron chi connectivity index (χ0n) is 15.1. The highest BCUT2D eigenvalue weighted by molar-refractivity contribution is 7.15. The lowest BCUT2D eigenvalue weighted by Crippen LogP contribution is -2.54. The van der Waals surface area contributed by atoms with Crippen molar-refractivity contribution in [3.8, 4) is 16.5 Å². The summed E-state index contributed by atoms with van der Waals surface area (Å²) in [5, 5.41) is 9.72. The van der Waals surface area contributed by atoms with Gasteiger partial charge in [-0.2, -0.15) is 5.26 Å². The van der Waals surface area contributed by atoms with Crippen LogP contribution in [0.25, 0.3) is 10.4 Å². The first kappa shape index (κ1) is 18.0. The number of halogens is 1. The normalized spacial score (nSPS) is 25.3. The monoisotopic (exact) mass is 398 g/mol. The molecule has 27 heavy (non-hydrogen) atoms. The number of amides is 1. The van der Waals surface area contributed by atoms with Crippen LogP contribution in [0.2, 0.25) is 5.02 Å². The summed E-state index contributed by atoms with van der Waals surface area (Å²) in [6.45, 7) is 2.00. The summed E-state index contributed by atoms with van der Waals surface area (Å²) in [7, 11) is 1.69. The van der Waals surface area contributed by atoms with Gasteiger partial charge in [0.1, 0.15) is 5.54 Å². The largest absolute Gasteiger partial charge is 0.369 e. The van der Waals surface area contributed by atoms with Crippen LogP contribution in [0.1, 0.15) is 30.2 Å². The molecule has 1 aliphatic heterocycles. The molecule has 1 aromatic heterocycles. The zero-order valence-corrected chi connectivity index (χ0v) is 16.6. The van der Waals surface area contributed by atoms with Crippen molar-refractivity contribution in [3.05, 3.63) is 45.8 Å². The molecule has 0 radical (unpaired) electrons. The van der Waals surface area contributed by atoms with Crippen molar-refractivity contribution in [3.63, 3.8) is 0 Å². The van der Waals surface area contributed by atoms with E-state index < -0.39 is 5.54 Å². The van der Waals surface area contributed by atoms with Gasteiger partial charge in [0, 0.05) is 21.8 Å². The second kappa shape index (κ2) is 6.36. The van der Waals surface area contributed by atoms with Gasteiger partial charge in [-0.25, -0.2) is 4.99 Å². The minimum atomic E-state index is -0.672. The van der Waals surface area contributed by atoms with Crippen LogP contribution in [0, 0.1) is 23.2 Å². The van der Waals surface area contributed by atoms with Crippen LogP contribution in [-0.4, -0.2) is 23.8 Å². The van der Waals surface area contributed by atoms with E-state index in [1.165, 1.54) is 4.90 Å². The Balaban J connectivity index is 1.79. The van der Waals surface area contributed by atoms with Crippen molar-refractivity contribution < 1.29 is 4.79 Å². The maximum Gasteiger partial charge on any atom is 0.235 e. The average Bonchev–Trinajstić information content (AvgIpc) is 3.32. The lowest BCUT2D eigenvalue weighted by molar-refractivity contribution is -0.134. The maximum atomic E-state index is 12.9. The highest BCUT2D eigenvalue weighted by atomic mass is 35.5. The van der Waals surface area contributed by atoms with Crippen LogP contribution < -0.4 is 5.73 Å². The molecule has 0 bridgehead atoms. The van der Waals surface area contributed by atoms with Gasteiger partial charge in [0.25, 0.3) is 0 Å². The van der Waals surface area contributed by atoms with Crippen molar-refractivity contribution in [2.75, 3.05) is 7.05 Å². The van der Waals surface area contributed by atoms with Crippen LogP contribution in [0.3, 0.4) is 0 Å². The van der Waals surface area contributed by atoms with E-state index >= 15 is 0 Å². The zero-order chi connectivity index (χ0) is 19.3. The Morgan fingerprint density at radius 3 is 2.78 bits per heavy atom. The molecule has 1 amide bonds. The summed E-state index contributed by atoms with van der Waals surface area (Å²) < 4.78 is 0. The smallest absolute Gasteiger partial charge is 0.235 e. The number of nitrogens with zero attached hydrogens (tertiary/aromatic N) is 3. The Hall–Kier alpha value is -2.36. The minimum absolute atomic E-state index is 0.0389. The molecule has 2 atom stereocenters. The lowest BCUT2D eigenvalue weighted by atomic mass is 9.79. The minimum Gasteiger partial charge on any atom is -0.369 e. The number of thiophene rings is 1. The molecule has 1 aromatic carbocycles. The van der Waals surface area contributed by atoms with Gasteiger partial charge in [0.05, 0.1) is 17.6 Å². The van der Waals surface area contributed by atoms with Crippen LogP contribution in [0.15, 0.2) is 35.3 Å². The van der Waals surface area contributed by atoms with E-state index in [9.17, 15) is 10.1 Å². The summed E-state index contributed by atoms with van der Waals surface area (Å²) in [6.07, 6.45) is 2.10. The topological polar surface area (TPSA) is 82.5 Å². The van der Waals surface area contributed by atoms with Crippen molar-refractivity contribution in [2.45, 2.75) is 25.3 Å². The molecule has 7 heteroatoms. The summed E-state index contributed by atoms with van der Waals surface area (Å²) >= 11 is 7.73. The molecule has 138 valence electrons. The van der Waals surface area contributed by atoms with Crippen LogP contribution >= 0.6 is 22.9 Å². The second-order valence-corrected chi connectivity index (χ2v) is 8.85. The van der Waals surface area contributed by atoms with Crippen LogP contribution in [0.5, 0.6) is 0 Å². The molecular formula is C20H19ClN4OS. The molecule has 5 nitrogen and oxygen atoms in total. The third-order valence-electron chi connectivity index (χ3n) is 5.40. The average molecular weight is 399 g/mol. The number of nitriles is 1. The van der Waals surface area contributed by atoms with Gasteiger partial charge in [-0.15, -0.1) is 11.3 Å². The molecular weight excluding hydrogens is 380 g/mol. The fraction of sp³-hybridized carbons (Fsp3) is 0.350. The van der Waals surface area contributed by atoms with E-state index in [2.05, 4.69) is 6.07 Å². The molecule has 2 aromatic rings. The van der Waals surface area contributed by atoms with Crippen LogP contribution in [-0.2, 0) is 10.3 Å². The Kier molecular flexibility index (Phi) is 4.25. The van der Waals surface area contributed by atoms with Crippen molar-refractivity contribution >= 4 is 34.8 Å². The van der Waals surface area contributed by atoms with E-state index in [1.54, 1.807) is 24.5 Å². The number of carbonyl (C=O) groups excluding carboxylic acids is 1. The molecule has 1 aliphatic carbocycles. The van der Waals surface area contributed by atoms with Gasteiger partial charge in [0.2, 0.25) is 5.91 Å². The highest BCUT2D eigenvalue weighted by Crippen LogP contribution is 2.52. The second-order valence-electron chi connectivity index (χ2n) is 7.33. The van der Waals surface area contributed by atoms with E-state index in [-0.39, 0.29) is 17.8 Å². The lowest BCUT2D eigenvalue weighted by Gasteiger charge is -2.40. The first-order chi connectivity index (χ1) is 12.8. The maximum absolute atomic E-state index is 12.9. The molecule has 0 spiro atoms. The summed E-state index contributed by atoms with van der Waals surface area (Å²) in [5.74, 6) is 0.444. The van der Waals surface area contributed by atoms with Gasteiger partial charge >= 0.3 is 0 Å². The van der Waals surface area contributed by atoms with Gasteiger partial charge in [-0.05, 0) is 61.6 Å². The summed E-state index contributed by atoms with van der Waals surface area (Å²) in [6, 6.07) is 11.4. The number of nitrogens with two attached hydrogens (primary N) is 1. The first-order valence-corrected chi connectivity index (χ1v) is 9.97. The molecule has 2 heterocycles. The highest BCUT2D eigenvalue weighted by Gasteiger charge is 2.53. The number of hydrogen-bond donors (Lipinski definition) is 1. The van der Waals surface area contributed by atoms with Crippen molar-refractivity contribution in [2.24, 2.45) is 22.6 Å². The predicted octanol–water partition coefficient (Wildman–Crippen LogP) is 3.97. The third-order valence-corrected chi connectivity index (χ3v) is 6.98. The van der Waals surface area contributed by atoms with E-state index in [1.807, 2.05) is 31.2 Å². The molecule has 2 N–H and O–H groups in total. The van der Waals surface area contributed by atoms with Gasteiger partial charge in [-0.1, -0.05) is 11.6 Å². The Labute approximate surface area is 167 Å². The molecule has 1 fully saturated rings. The molecule has 0 unspecified atom stereocenters. The number of aliphatic imine (C=N–C) groups is 1. The Morgan fingerprint density at radius 2 is 2.11 bits per heavy atom. The van der Waals surface area contributed by atoms with Crippen molar-refractivity contribution in [1.29, 1.82) is 5.26 Å². The van der Waals surface area contributed by atoms with Crippen molar-refractivity contribution in [1.82, 2.24) is 4.90 Å². The third kappa shape index (κ3) is 3.01. The quantitative estimate of drug-likeness (QED) is 0.849. The number of guanidine groups is 1. The Bertz CT molecular complexity index is 1000. The fourth-order valence-electron chi connectivity index (χ4n) is 3.80. The Morgan fingerprint density at radius 1 is 1.37 bits per heavy atom.